The van der Waals surface area contributed by atoms with Crippen LogP contribution in [0.25, 0.3) is 0 Å². The average molecular weight is 311 g/mol. The van der Waals surface area contributed by atoms with Crippen molar-refractivity contribution in [1.82, 2.24) is 0 Å². The third-order valence-electron chi connectivity index (χ3n) is 9.89. The molecule has 0 N–H and O–H groups in total. The molecule has 8 aliphatic rings. The Morgan fingerprint density at radius 2 is 1.13 bits per heavy atom. The second-order valence-electron chi connectivity index (χ2n) is 10.8. The topological polar surface area (TPSA) is 19.9 Å². The van der Waals surface area contributed by atoms with Crippen LogP contribution in [0.1, 0.15) is 70.6 Å². The Hall–Kier alpha value is -0.300. The highest BCUT2D eigenvalue weighted by Crippen LogP contribution is 2.77. The lowest BCUT2D eigenvalue weighted by Gasteiger charge is -2.74. The van der Waals surface area contributed by atoms with Crippen LogP contribution >= 0.6 is 0 Å². The molecule has 8 rings (SSSR count). The Balaban J connectivity index is 1.52. The van der Waals surface area contributed by atoms with E-state index in [1.807, 2.05) is 6.08 Å². The molecule has 0 amide bonds. The summed E-state index contributed by atoms with van der Waals surface area (Å²) in [6, 6.07) is 0. The predicted molar refractivity (Wildman–Crippen MR) is 90.2 cm³/mol. The van der Waals surface area contributed by atoms with Crippen LogP contribution in [0.2, 0.25) is 0 Å². The minimum absolute atomic E-state index is 0.0898. The summed E-state index contributed by atoms with van der Waals surface area (Å²) in [5, 5.41) is 14.3. The highest BCUT2D eigenvalue weighted by molar-refractivity contribution is 5.27. The van der Waals surface area contributed by atoms with Gasteiger partial charge in [-0.1, -0.05) is 6.08 Å². The fraction of sp³-hybridized carbons (Fsp3) is 0.909. The summed E-state index contributed by atoms with van der Waals surface area (Å²) < 4.78 is 0. The van der Waals surface area contributed by atoms with E-state index in [2.05, 4.69) is 6.58 Å². The molecule has 8 fully saturated rings. The molecule has 1 nitrogen and oxygen atoms in total. The van der Waals surface area contributed by atoms with Crippen molar-refractivity contribution < 1.29 is 5.11 Å². The van der Waals surface area contributed by atoms with Crippen LogP contribution in [0.15, 0.2) is 12.7 Å². The molecule has 0 aromatic rings. The van der Waals surface area contributed by atoms with Crippen LogP contribution in [-0.2, 0) is 5.11 Å². The SMILES string of the molecule is C=CC1([O])C2CC3CC(C2)CC1(C12CC4CC(CC(C4)C1)C2)C3. The monoisotopic (exact) mass is 311 g/mol. The smallest absolute Gasteiger partial charge is 0.130 e. The van der Waals surface area contributed by atoms with E-state index in [1.165, 1.54) is 70.6 Å². The molecule has 0 aromatic carbocycles. The van der Waals surface area contributed by atoms with E-state index in [0.717, 1.165) is 29.6 Å². The average Bonchev–Trinajstić information content (AvgIpc) is 2.50. The van der Waals surface area contributed by atoms with Crippen molar-refractivity contribution in [3.8, 4) is 0 Å². The standard InChI is InChI=1S/C22H31O/c1-2-22(23)19-7-17-6-18(8-19)13-21(22,12-17)20-9-14-3-15(10-20)5-16(4-14)11-20/h2,14-19H,1,3-13H2. The van der Waals surface area contributed by atoms with E-state index >= 15 is 0 Å². The molecule has 8 saturated carbocycles. The van der Waals surface area contributed by atoms with E-state index in [-0.39, 0.29) is 5.41 Å². The lowest BCUT2D eigenvalue weighted by molar-refractivity contribution is -0.300. The molecule has 0 saturated heterocycles. The molecule has 8 aliphatic carbocycles. The van der Waals surface area contributed by atoms with Crippen molar-refractivity contribution in [2.75, 3.05) is 0 Å². The molecule has 23 heavy (non-hydrogen) atoms. The van der Waals surface area contributed by atoms with Crippen molar-refractivity contribution in [1.29, 1.82) is 0 Å². The van der Waals surface area contributed by atoms with Crippen molar-refractivity contribution in [3.05, 3.63) is 12.7 Å². The molecule has 1 heteroatoms. The van der Waals surface area contributed by atoms with Crippen molar-refractivity contribution in [2.24, 2.45) is 46.3 Å². The van der Waals surface area contributed by atoms with Crippen molar-refractivity contribution >= 4 is 0 Å². The molecule has 0 aromatic heterocycles. The van der Waals surface area contributed by atoms with Gasteiger partial charge in [0.25, 0.3) is 0 Å². The van der Waals surface area contributed by atoms with Crippen molar-refractivity contribution in [2.45, 2.75) is 76.2 Å². The molecule has 0 spiro atoms. The quantitative estimate of drug-likeness (QED) is 0.610. The summed E-state index contributed by atoms with van der Waals surface area (Å²) in [7, 11) is 0. The zero-order valence-corrected chi connectivity index (χ0v) is 14.4. The molecule has 0 aliphatic heterocycles. The summed E-state index contributed by atoms with van der Waals surface area (Å²) in [5.74, 6) is 5.05. The van der Waals surface area contributed by atoms with Crippen LogP contribution in [-0.4, -0.2) is 5.60 Å². The maximum Gasteiger partial charge on any atom is 0.130 e. The summed E-state index contributed by atoms with van der Waals surface area (Å²) in [6.45, 7) is 4.14. The molecular formula is C22H31O. The molecule has 3 unspecified atom stereocenters. The summed E-state index contributed by atoms with van der Waals surface area (Å²) in [5.41, 5.74) is -0.299. The maximum absolute atomic E-state index is 14.3. The second kappa shape index (κ2) is 4.09. The first-order valence-corrected chi connectivity index (χ1v) is 10.4. The molecule has 125 valence electrons. The zero-order valence-electron chi connectivity index (χ0n) is 14.4. The van der Waals surface area contributed by atoms with Crippen LogP contribution in [0.3, 0.4) is 0 Å². The van der Waals surface area contributed by atoms with Gasteiger partial charge in [-0.25, -0.2) is 5.11 Å². The van der Waals surface area contributed by atoms with Gasteiger partial charge >= 0.3 is 0 Å². The van der Waals surface area contributed by atoms with Gasteiger partial charge in [0.1, 0.15) is 5.60 Å². The molecule has 3 atom stereocenters. The number of hydrogen-bond acceptors (Lipinski definition) is 0. The first-order valence-electron chi connectivity index (χ1n) is 10.4. The summed E-state index contributed by atoms with van der Waals surface area (Å²) in [6.07, 6.45) is 17.0. The van der Waals surface area contributed by atoms with E-state index in [1.54, 1.807) is 0 Å². The van der Waals surface area contributed by atoms with Crippen LogP contribution in [0.4, 0.5) is 0 Å². The van der Waals surface area contributed by atoms with E-state index in [0.29, 0.717) is 11.3 Å². The van der Waals surface area contributed by atoms with Gasteiger partial charge < -0.3 is 0 Å². The van der Waals surface area contributed by atoms with Crippen LogP contribution < -0.4 is 0 Å². The molecule has 8 bridgehead atoms. The minimum atomic E-state index is -0.800. The first-order chi connectivity index (χ1) is 11.1. The van der Waals surface area contributed by atoms with Gasteiger partial charge in [-0.3, -0.25) is 0 Å². The Labute approximate surface area is 140 Å². The maximum atomic E-state index is 14.3. The molecule has 1 radical (unpaired) electrons. The Morgan fingerprint density at radius 3 is 1.57 bits per heavy atom. The second-order valence-corrected chi connectivity index (χ2v) is 10.8. The van der Waals surface area contributed by atoms with E-state index in [4.69, 9.17) is 0 Å². The van der Waals surface area contributed by atoms with Crippen LogP contribution in [0, 0.1) is 46.3 Å². The van der Waals surface area contributed by atoms with E-state index < -0.39 is 5.60 Å². The zero-order chi connectivity index (χ0) is 15.4. The van der Waals surface area contributed by atoms with Gasteiger partial charge in [0.2, 0.25) is 0 Å². The lowest BCUT2D eigenvalue weighted by atomic mass is 9.31. The largest absolute Gasteiger partial charge is 0.224 e. The minimum Gasteiger partial charge on any atom is -0.224 e. The van der Waals surface area contributed by atoms with Gasteiger partial charge in [-0.15, -0.1) is 6.58 Å². The fourth-order valence-electron chi connectivity index (χ4n) is 9.93. The fourth-order valence-corrected chi connectivity index (χ4v) is 9.93. The highest BCUT2D eigenvalue weighted by atomic mass is 16.3. The van der Waals surface area contributed by atoms with Gasteiger partial charge in [-0.2, -0.15) is 0 Å². The summed E-state index contributed by atoms with van der Waals surface area (Å²) >= 11 is 0. The number of rotatable bonds is 2. The van der Waals surface area contributed by atoms with Gasteiger partial charge in [0, 0.05) is 5.41 Å². The third kappa shape index (κ3) is 1.47. The van der Waals surface area contributed by atoms with Crippen LogP contribution in [0.5, 0.6) is 0 Å². The van der Waals surface area contributed by atoms with Gasteiger partial charge in [0.05, 0.1) is 0 Å². The number of hydrogen-bond donors (Lipinski definition) is 0. The third-order valence-corrected chi connectivity index (χ3v) is 9.89. The normalized spacial score (nSPS) is 65.3. The van der Waals surface area contributed by atoms with E-state index in [9.17, 15) is 5.11 Å². The molecular weight excluding hydrogens is 280 g/mol. The predicted octanol–water partition coefficient (Wildman–Crippen LogP) is 5.38. The Bertz CT molecular complexity index is 513. The van der Waals surface area contributed by atoms with Crippen molar-refractivity contribution in [3.63, 3.8) is 0 Å². The Morgan fingerprint density at radius 1 is 0.696 bits per heavy atom. The Kier molecular flexibility index (Phi) is 2.48. The first kappa shape index (κ1) is 13.9. The summed E-state index contributed by atoms with van der Waals surface area (Å²) in [4.78, 5) is 0. The molecule has 0 heterocycles. The lowest BCUT2D eigenvalue weighted by Crippen LogP contribution is -2.71. The van der Waals surface area contributed by atoms with Gasteiger partial charge in [-0.05, 0) is 112 Å². The highest BCUT2D eigenvalue weighted by Gasteiger charge is 2.73. The van der Waals surface area contributed by atoms with Gasteiger partial charge in [0.15, 0.2) is 0 Å².